The molecular formula is C23H20ClN5O2S. The number of nitrogens with zero attached hydrogens (tertiary/aromatic N) is 4. The summed E-state index contributed by atoms with van der Waals surface area (Å²) >= 11 is 6.02. The molecule has 4 aromatic rings. The first kappa shape index (κ1) is 21.7. The van der Waals surface area contributed by atoms with E-state index in [4.69, 9.17) is 11.6 Å². The van der Waals surface area contributed by atoms with Crippen molar-refractivity contribution in [3.63, 3.8) is 0 Å². The van der Waals surface area contributed by atoms with Crippen LogP contribution < -0.4 is 4.72 Å². The largest absolute Gasteiger partial charge is 0.280 e. The highest BCUT2D eigenvalue weighted by atomic mass is 35.5. The molecule has 0 unspecified atom stereocenters. The Morgan fingerprint density at radius 1 is 1.03 bits per heavy atom. The van der Waals surface area contributed by atoms with E-state index in [1.54, 1.807) is 36.4 Å². The SMILES string of the molecule is Cc1cccc(C=CS(=O)(=O)Nc2cccc(-c3nnn(Cc4cccc(Cl)c4)n3)c2)c1. The number of aromatic nitrogens is 4. The molecule has 0 aliphatic heterocycles. The zero-order valence-electron chi connectivity index (χ0n) is 17.2. The predicted molar refractivity (Wildman–Crippen MR) is 127 cm³/mol. The Morgan fingerprint density at radius 3 is 2.66 bits per heavy atom. The molecule has 0 aliphatic rings. The Kier molecular flexibility index (Phi) is 6.34. The summed E-state index contributed by atoms with van der Waals surface area (Å²) in [6.07, 6.45) is 1.56. The Hall–Kier alpha value is -3.49. The summed E-state index contributed by atoms with van der Waals surface area (Å²) in [6.45, 7) is 2.37. The summed E-state index contributed by atoms with van der Waals surface area (Å²) in [6, 6.07) is 21.9. The van der Waals surface area contributed by atoms with Gasteiger partial charge in [-0.1, -0.05) is 65.7 Å². The summed E-state index contributed by atoms with van der Waals surface area (Å²) in [5.74, 6) is 0.392. The van der Waals surface area contributed by atoms with E-state index >= 15 is 0 Å². The summed E-state index contributed by atoms with van der Waals surface area (Å²) in [4.78, 5) is 1.46. The van der Waals surface area contributed by atoms with Crippen LogP contribution >= 0.6 is 11.6 Å². The molecule has 0 bridgehead atoms. The van der Waals surface area contributed by atoms with Crippen LogP contribution in [0.4, 0.5) is 5.69 Å². The van der Waals surface area contributed by atoms with Crippen LogP contribution in [0.25, 0.3) is 17.5 Å². The van der Waals surface area contributed by atoms with Gasteiger partial charge in [0.15, 0.2) is 0 Å². The molecule has 4 rings (SSSR count). The van der Waals surface area contributed by atoms with Crippen molar-refractivity contribution >= 4 is 33.4 Å². The van der Waals surface area contributed by atoms with Crippen LogP contribution in [0.5, 0.6) is 0 Å². The number of aryl methyl sites for hydroxylation is 1. The fraction of sp³-hybridized carbons (Fsp3) is 0.0870. The Bertz CT molecular complexity index is 1380. The Morgan fingerprint density at radius 2 is 1.84 bits per heavy atom. The number of tetrazole rings is 1. The van der Waals surface area contributed by atoms with Gasteiger partial charge < -0.3 is 0 Å². The van der Waals surface area contributed by atoms with Crippen molar-refractivity contribution in [3.8, 4) is 11.4 Å². The summed E-state index contributed by atoms with van der Waals surface area (Å²) in [5.41, 5.74) is 3.86. The molecule has 1 aromatic heterocycles. The van der Waals surface area contributed by atoms with Crippen molar-refractivity contribution in [1.82, 2.24) is 20.2 Å². The van der Waals surface area contributed by atoms with Gasteiger partial charge in [0.2, 0.25) is 5.82 Å². The fourth-order valence-electron chi connectivity index (χ4n) is 3.09. The number of rotatable bonds is 7. The maximum atomic E-state index is 12.5. The molecule has 0 saturated heterocycles. The summed E-state index contributed by atoms with van der Waals surface area (Å²) in [5, 5.41) is 14.3. The second-order valence-electron chi connectivity index (χ2n) is 7.22. The molecule has 0 radical (unpaired) electrons. The number of hydrogen-bond donors (Lipinski definition) is 1. The quantitative estimate of drug-likeness (QED) is 0.425. The molecule has 9 heteroatoms. The molecule has 0 aliphatic carbocycles. The fourth-order valence-corrected chi connectivity index (χ4v) is 4.16. The van der Waals surface area contributed by atoms with E-state index < -0.39 is 10.0 Å². The molecule has 1 N–H and O–H groups in total. The number of sulfonamides is 1. The first-order valence-electron chi connectivity index (χ1n) is 9.77. The molecule has 3 aromatic carbocycles. The van der Waals surface area contributed by atoms with Crippen molar-refractivity contribution in [3.05, 3.63) is 99.9 Å². The maximum absolute atomic E-state index is 12.5. The molecule has 1 heterocycles. The van der Waals surface area contributed by atoms with Gasteiger partial charge in [0, 0.05) is 16.3 Å². The van der Waals surface area contributed by atoms with Crippen molar-refractivity contribution in [2.24, 2.45) is 0 Å². The van der Waals surface area contributed by atoms with Crippen molar-refractivity contribution in [2.45, 2.75) is 13.5 Å². The normalized spacial score (nSPS) is 11.7. The Labute approximate surface area is 191 Å². The van der Waals surface area contributed by atoms with Crippen LogP contribution in [-0.4, -0.2) is 28.6 Å². The molecule has 0 spiro atoms. The molecule has 0 fully saturated rings. The molecule has 32 heavy (non-hydrogen) atoms. The van der Waals surface area contributed by atoms with Crippen LogP contribution in [0.3, 0.4) is 0 Å². The molecule has 162 valence electrons. The van der Waals surface area contributed by atoms with Crippen LogP contribution in [-0.2, 0) is 16.6 Å². The molecule has 0 amide bonds. The monoisotopic (exact) mass is 465 g/mol. The van der Waals surface area contributed by atoms with E-state index in [-0.39, 0.29) is 0 Å². The lowest BCUT2D eigenvalue weighted by Gasteiger charge is -2.05. The van der Waals surface area contributed by atoms with Crippen LogP contribution in [0.15, 0.2) is 78.2 Å². The van der Waals surface area contributed by atoms with Crippen molar-refractivity contribution < 1.29 is 8.42 Å². The second-order valence-corrected chi connectivity index (χ2v) is 9.22. The minimum absolute atomic E-state index is 0.392. The summed E-state index contributed by atoms with van der Waals surface area (Å²) < 4.78 is 27.5. The number of nitrogens with one attached hydrogen (secondary N) is 1. The highest BCUT2D eigenvalue weighted by Gasteiger charge is 2.10. The van der Waals surface area contributed by atoms with Gasteiger partial charge in [0.25, 0.3) is 10.0 Å². The van der Waals surface area contributed by atoms with E-state index in [9.17, 15) is 8.42 Å². The highest BCUT2D eigenvalue weighted by molar-refractivity contribution is 7.95. The van der Waals surface area contributed by atoms with Gasteiger partial charge in [-0.05, 0) is 53.6 Å². The molecular weight excluding hydrogens is 446 g/mol. The van der Waals surface area contributed by atoms with Crippen LogP contribution in [0.1, 0.15) is 16.7 Å². The smallest absolute Gasteiger partial charge is 0.255 e. The lowest BCUT2D eigenvalue weighted by atomic mass is 10.1. The standard InChI is InChI=1S/C23H20ClN5O2S/c1-17-5-2-6-18(13-17)11-12-32(30,31)27-22-10-4-8-20(15-22)23-25-28-29(26-23)16-19-7-3-9-21(24)14-19/h2-15,27H,16H2,1H3. The van der Waals surface area contributed by atoms with Crippen molar-refractivity contribution in [1.29, 1.82) is 0 Å². The van der Waals surface area contributed by atoms with E-state index in [0.717, 1.165) is 22.1 Å². The zero-order valence-corrected chi connectivity index (χ0v) is 18.8. The van der Waals surface area contributed by atoms with Gasteiger partial charge in [-0.15, -0.1) is 10.2 Å². The lowest BCUT2D eigenvalue weighted by molar-refractivity contribution is 0.573. The number of hydrogen-bond acceptors (Lipinski definition) is 5. The average molecular weight is 466 g/mol. The third-order valence-electron chi connectivity index (χ3n) is 4.53. The van der Waals surface area contributed by atoms with E-state index in [0.29, 0.717) is 28.6 Å². The number of benzene rings is 3. The topological polar surface area (TPSA) is 89.8 Å². The minimum atomic E-state index is -3.69. The zero-order chi connectivity index (χ0) is 22.6. The van der Waals surface area contributed by atoms with Gasteiger partial charge in [-0.3, -0.25) is 4.72 Å². The Balaban J connectivity index is 1.48. The maximum Gasteiger partial charge on any atom is 0.255 e. The van der Waals surface area contributed by atoms with Gasteiger partial charge in [-0.2, -0.15) is 4.80 Å². The van der Waals surface area contributed by atoms with Gasteiger partial charge in [0.05, 0.1) is 12.0 Å². The van der Waals surface area contributed by atoms with E-state index in [1.165, 1.54) is 4.80 Å². The summed E-state index contributed by atoms with van der Waals surface area (Å²) in [7, 11) is -3.69. The van der Waals surface area contributed by atoms with Gasteiger partial charge in [0.1, 0.15) is 0 Å². The highest BCUT2D eigenvalue weighted by Crippen LogP contribution is 2.20. The van der Waals surface area contributed by atoms with Gasteiger partial charge >= 0.3 is 0 Å². The lowest BCUT2D eigenvalue weighted by Crippen LogP contribution is -2.08. The first-order valence-corrected chi connectivity index (χ1v) is 11.7. The second kappa shape index (κ2) is 9.33. The third kappa shape index (κ3) is 5.81. The van der Waals surface area contributed by atoms with E-state index in [2.05, 4.69) is 20.1 Å². The van der Waals surface area contributed by atoms with E-state index in [1.807, 2.05) is 49.4 Å². The predicted octanol–water partition coefficient (Wildman–Crippen LogP) is 4.76. The van der Waals surface area contributed by atoms with Crippen molar-refractivity contribution in [2.75, 3.05) is 4.72 Å². The first-order chi connectivity index (χ1) is 15.4. The molecule has 0 saturated carbocycles. The average Bonchev–Trinajstić information content (AvgIpc) is 3.21. The van der Waals surface area contributed by atoms with Gasteiger partial charge in [-0.25, -0.2) is 8.42 Å². The molecule has 0 atom stereocenters. The van der Waals surface area contributed by atoms with Crippen LogP contribution in [0.2, 0.25) is 5.02 Å². The molecule has 7 nitrogen and oxygen atoms in total. The number of halogens is 1. The minimum Gasteiger partial charge on any atom is -0.280 e. The number of anilines is 1. The van der Waals surface area contributed by atoms with Crippen LogP contribution in [0, 0.1) is 6.92 Å². The third-order valence-corrected chi connectivity index (χ3v) is 5.78.